The highest BCUT2D eigenvalue weighted by Crippen LogP contribution is 2.09. The zero-order valence-corrected chi connectivity index (χ0v) is 8.69. The third-order valence-corrected chi connectivity index (χ3v) is 1.51. The quantitative estimate of drug-likeness (QED) is 0.698. The van der Waals surface area contributed by atoms with E-state index in [9.17, 15) is 0 Å². The van der Waals surface area contributed by atoms with Gasteiger partial charge >= 0.3 is 6.01 Å². The van der Waals surface area contributed by atoms with Crippen LogP contribution in [0.2, 0.25) is 0 Å². The van der Waals surface area contributed by atoms with Gasteiger partial charge in [-0.2, -0.15) is 9.97 Å². The van der Waals surface area contributed by atoms with E-state index in [0.29, 0.717) is 25.0 Å². The van der Waals surface area contributed by atoms with Crippen LogP contribution in [-0.4, -0.2) is 23.2 Å². The maximum absolute atomic E-state index is 5.33. The van der Waals surface area contributed by atoms with Crippen LogP contribution < -0.4 is 9.47 Å². The second-order valence-corrected chi connectivity index (χ2v) is 2.90. The van der Waals surface area contributed by atoms with Gasteiger partial charge in [0.2, 0.25) is 0 Å². The second-order valence-electron chi connectivity index (χ2n) is 2.90. The van der Waals surface area contributed by atoms with E-state index in [4.69, 9.17) is 9.47 Å². The zero-order valence-electron chi connectivity index (χ0n) is 8.69. The summed E-state index contributed by atoms with van der Waals surface area (Å²) in [6, 6.07) is 0.413. The lowest BCUT2D eigenvalue weighted by atomic mass is 10.5. The first-order valence-electron chi connectivity index (χ1n) is 4.94. The van der Waals surface area contributed by atoms with Crippen LogP contribution >= 0.6 is 0 Å². The van der Waals surface area contributed by atoms with Gasteiger partial charge in [-0.1, -0.05) is 13.8 Å². The van der Waals surface area contributed by atoms with E-state index in [1.807, 2.05) is 6.92 Å². The SMILES string of the molecule is CCCOc1cnc(OCCC)nc1. The van der Waals surface area contributed by atoms with Crippen LogP contribution in [0.5, 0.6) is 11.8 Å². The molecule has 0 bridgehead atoms. The van der Waals surface area contributed by atoms with Crippen molar-refractivity contribution < 1.29 is 9.47 Å². The number of ether oxygens (including phenoxy) is 2. The highest BCUT2D eigenvalue weighted by molar-refractivity contribution is 5.13. The Morgan fingerprint density at radius 2 is 1.57 bits per heavy atom. The molecule has 0 fully saturated rings. The van der Waals surface area contributed by atoms with Crippen molar-refractivity contribution in [1.82, 2.24) is 9.97 Å². The van der Waals surface area contributed by atoms with Crippen LogP contribution in [0.4, 0.5) is 0 Å². The monoisotopic (exact) mass is 196 g/mol. The van der Waals surface area contributed by atoms with Gasteiger partial charge in [-0.05, 0) is 12.8 Å². The van der Waals surface area contributed by atoms with Gasteiger partial charge < -0.3 is 9.47 Å². The Labute approximate surface area is 84.3 Å². The number of rotatable bonds is 6. The van der Waals surface area contributed by atoms with E-state index in [1.54, 1.807) is 12.4 Å². The van der Waals surface area contributed by atoms with Gasteiger partial charge in [-0.25, -0.2) is 0 Å². The van der Waals surface area contributed by atoms with Crippen molar-refractivity contribution >= 4 is 0 Å². The Kier molecular flexibility index (Phi) is 4.75. The molecule has 0 spiro atoms. The summed E-state index contributed by atoms with van der Waals surface area (Å²) in [7, 11) is 0. The summed E-state index contributed by atoms with van der Waals surface area (Å²) in [5.74, 6) is 0.690. The van der Waals surface area contributed by atoms with E-state index in [0.717, 1.165) is 12.8 Å². The van der Waals surface area contributed by atoms with Gasteiger partial charge in [0, 0.05) is 0 Å². The predicted molar refractivity (Wildman–Crippen MR) is 53.6 cm³/mol. The first-order valence-corrected chi connectivity index (χ1v) is 4.94. The summed E-state index contributed by atoms with van der Waals surface area (Å²) in [4.78, 5) is 8.02. The van der Waals surface area contributed by atoms with Crippen LogP contribution in [0.1, 0.15) is 26.7 Å². The van der Waals surface area contributed by atoms with Crippen LogP contribution in [0, 0.1) is 0 Å². The predicted octanol–water partition coefficient (Wildman–Crippen LogP) is 2.05. The molecular weight excluding hydrogens is 180 g/mol. The molecule has 0 N–H and O–H groups in total. The molecule has 4 nitrogen and oxygen atoms in total. The largest absolute Gasteiger partial charge is 0.490 e. The highest BCUT2D eigenvalue weighted by Gasteiger charge is 1.97. The van der Waals surface area contributed by atoms with Gasteiger partial charge in [0.25, 0.3) is 0 Å². The van der Waals surface area contributed by atoms with Gasteiger partial charge in [-0.15, -0.1) is 0 Å². The van der Waals surface area contributed by atoms with Gasteiger partial charge in [-0.3, -0.25) is 0 Å². The fraction of sp³-hybridized carbons (Fsp3) is 0.600. The van der Waals surface area contributed by atoms with Crippen LogP contribution in [0.3, 0.4) is 0 Å². The van der Waals surface area contributed by atoms with Crippen molar-refractivity contribution in [3.05, 3.63) is 12.4 Å². The maximum Gasteiger partial charge on any atom is 0.316 e. The topological polar surface area (TPSA) is 44.2 Å². The first-order chi connectivity index (χ1) is 6.86. The summed E-state index contributed by atoms with van der Waals surface area (Å²) in [5, 5.41) is 0. The number of hydrogen-bond donors (Lipinski definition) is 0. The summed E-state index contributed by atoms with van der Waals surface area (Å²) in [6.45, 7) is 5.44. The molecule has 1 rings (SSSR count). The number of hydrogen-bond acceptors (Lipinski definition) is 4. The summed E-state index contributed by atoms with van der Waals surface area (Å²) in [5.41, 5.74) is 0. The average Bonchev–Trinajstić information content (AvgIpc) is 2.25. The van der Waals surface area contributed by atoms with E-state index >= 15 is 0 Å². The first kappa shape index (κ1) is 10.8. The van der Waals surface area contributed by atoms with Crippen molar-refractivity contribution in [2.24, 2.45) is 0 Å². The van der Waals surface area contributed by atoms with Gasteiger partial charge in [0.15, 0.2) is 5.75 Å². The number of nitrogens with zero attached hydrogens (tertiary/aromatic N) is 2. The molecule has 4 heteroatoms. The van der Waals surface area contributed by atoms with Crippen molar-refractivity contribution in [3.8, 4) is 11.8 Å². The summed E-state index contributed by atoms with van der Waals surface area (Å²) < 4.78 is 10.6. The molecule has 0 saturated carbocycles. The lowest BCUT2D eigenvalue weighted by molar-refractivity contribution is 0.284. The molecule has 1 aromatic rings. The second kappa shape index (κ2) is 6.18. The Morgan fingerprint density at radius 1 is 1.00 bits per heavy atom. The van der Waals surface area contributed by atoms with Crippen LogP contribution in [0.15, 0.2) is 12.4 Å². The molecule has 0 aromatic carbocycles. The normalized spacial score (nSPS) is 9.86. The minimum absolute atomic E-state index is 0.413. The average molecular weight is 196 g/mol. The number of aromatic nitrogens is 2. The molecule has 78 valence electrons. The molecule has 0 aliphatic heterocycles. The van der Waals surface area contributed by atoms with Gasteiger partial charge in [0.05, 0.1) is 25.6 Å². The van der Waals surface area contributed by atoms with E-state index < -0.39 is 0 Å². The molecule has 0 aliphatic rings. The Balaban J connectivity index is 2.42. The summed E-state index contributed by atoms with van der Waals surface area (Å²) >= 11 is 0. The molecule has 1 aromatic heterocycles. The van der Waals surface area contributed by atoms with E-state index in [-0.39, 0.29) is 0 Å². The molecule has 0 amide bonds. The molecular formula is C10H16N2O2. The molecule has 0 aliphatic carbocycles. The standard InChI is InChI=1S/C10H16N2O2/c1-3-5-13-9-7-11-10(12-8-9)14-6-4-2/h7-8H,3-6H2,1-2H3. The Morgan fingerprint density at radius 3 is 2.14 bits per heavy atom. The third kappa shape index (κ3) is 3.60. The molecule has 14 heavy (non-hydrogen) atoms. The lowest BCUT2D eigenvalue weighted by Crippen LogP contribution is -2.01. The fourth-order valence-corrected chi connectivity index (χ4v) is 0.867. The van der Waals surface area contributed by atoms with Crippen molar-refractivity contribution in [2.75, 3.05) is 13.2 Å². The molecule has 1 heterocycles. The maximum atomic E-state index is 5.33. The Hall–Kier alpha value is -1.32. The van der Waals surface area contributed by atoms with Crippen molar-refractivity contribution in [3.63, 3.8) is 0 Å². The van der Waals surface area contributed by atoms with Crippen molar-refractivity contribution in [2.45, 2.75) is 26.7 Å². The molecule has 0 atom stereocenters. The molecule has 0 radical (unpaired) electrons. The van der Waals surface area contributed by atoms with Gasteiger partial charge in [0.1, 0.15) is 0 Å². The highest BCUT2D eigenvalue weighted by atomic mass is 16.5. The van der Waals surface area contributed by atoms with Crippen LogP contribution in [-0.2, 0) is 0 Å². The van der Waals surface area contributed by atoms with E-state index in [1.165, 1.54) is 0 Å². The Bertz CT molecular complexity index is 222. The smallest absolute Gasteiger partial charge is 0.316 e. The zero-order chi connectivity index (χ0) is 10.2. The van der Waals surface area contributed by atoms with Crippen LogP contribution in [0.25, 0.3) is 0 Å². The lowest BCUT2D eigenvalue weighted by Gasteiger charge is -2.04. The fourth-order valence-electron chi connectivity index (χ4n) is 0.867. The summed E-state index contributed by atoms with van der Waals surface area (Å²) in [6.07, 6.45) is 5.20. The molecule has 0 saturated heterocycles. The van der Waals surface area contributed by atoms with E-state index in [2.05, 4.69) is 16.9 Å². The van der Waals surface area contributed by atoms with Crippen molar-refractivity contribution in [1.29, 1.82) is 0 Å². The molecule has 0 unspecified atom stereocenters. The third-order valence-electron chi connectivity index (χ3n) is 1.51. The minimum atomic E-state index is 0.413. The minimum Gasteiger partial charge on any atom is -0.490 e.